The summed E-state index contributed by atoms with van der Waals surface area (Å²) in [5, 5.41) is 2.86. The van der Waals surface area contributed by atoms with E-state index in [2.05, 4.69) is 5.32 Å². The molecule has 3 aromatic carbocycles. The van der Waals surface area contributed by atoms with Crippen molar-refractivity contribution < 1.29 is 22.7 Å². The number of hydrogen-bond donors (Lipinski definition) is 1. The van der Waals surface area contributed by atoms with Crippen molar-refractivity contribution in [2.24, 2.45) is 0 Å². The molecule has 0 saturated heterocycles. The molecule has 0 spiro atoms. The molecule has 0 aliphatic carbocycles. The number of anilines is 1. The molecule has 0 aliphatic rings. The van der Waals surface area contributed by atoms with Gasteiger partial charge in [-0.3, -0.25) is 4.79 Å². The number of hydrogen-bond acceptors (Lipinski definition) is 5. The molecule has 9 heteroatoms. The van der Waals surface area contributed by atoms with Gasteiger partial charge in [-0.05, 0) is 61.5 Å². The molecule has 1 amide bonds. The molecule has 0 radical (unpaired) electrons. The Kier molecular flexibility index (Phi) is 7.74. The second-order valence-corrected chi connectivity index (χ2v) is 9.23. The summed E-state index contributed by atoms with van der Waals surface area (Å²) in [6.45, 7) is 1.85. The summed E-state index contributed by atoms with van der Waals surface area (Å²) in [6.07, 6.45) is 0. The van der Waals surface area contributed by atoms with Crippen LogP contribution in [0.1, 0.15) is 6.92 Å². The summed E-state index contributed by atoms with van der Waals surface area (Å²) >= 11 is 6.10. The van der Waals surface area contributed by atoms with Crippen molar-refractivity contribution in [3.05, 3.63) is 77.8 Å². The van der Waals surface area contributed by atoms with E-state index in [0.29, 0.717) is 29.5 Å². The van der Waals surface area contributed by atoms with Gasteiger partial charge in [0.2, 0.25) is 15.9 Å². The van der Waals surface area contributed by atoms with Gasteiger partial charge in [0.05, 0.1) is 23.1 Å². The largest absolute Gasteiger partial charge is 0.492 e. The third-order valence-corrected chi connectivity index (χ3v) is 6.49. The van der Waals surface area contributed by atoms with E-state index < -0.39 is 15.9 Å². The highest BCUT2D eigenvalue weighted by molar-refractivity contribution is 7.89. The number of carbonyl (C=O) groups excluding carboxylic acids is 1. The predicted molar refractivity (Wildman–Crippen MR) is 124 cm³/mol. The van der Waals surface area contributed by atoms with E-state index in [0.717, 1.165) is 4.31 Å². The maximum atomic E-state index is 12.8. The first kappa shape index (κ1) is 23.6. The van der Waals surface area contributed by atoms with Crippen LogP contribution in [0.4, 0.5) is 5.69 Å². The zero-order chi connectivity index (χ0) is 23.1. The van der Waals surface area contributed by atoms with Crippen LogP contribution in [0, 0.1) is 0 Å². The summed E-state index contributed by atoms with van der Waals surface area (Å²) in [4.78, 5) is 12.4. The Morgan fingerprint density at radius 2 is 1.66 bits per heavy atom. The average molecular weight is 475 g/mol. The molecular formula is C23H23ClN2O5S. The van der Waals surface area contributed by atoms with Crippen LogP contribution >= 0.6 is 11.6 Å². The van der Waals surface area contributed by atoms with Gasteiger partial charge in [0, 0.05) is 12.7 Å². The maximum absolute atomic E-state index is 12.8. The minimum atomic E-state index is -3.91. The highest BCUT2D eigenvalue weighted by Crippen LogP contribution is 2.28. The van der Waals surface area contributed by atoms with Crippen molar-refractivity contribution in [1.29, 1.82) is 0 Å². The third kappa shape index (κ3) is 6.00. The fourth-order valence-electron chi connectivity index (χ4n) is 2.81. The summed E-state index contributed by atoms with van der Waals surface area (Å²) in [5.41, 5.74) is 0.519. The molecule has 0 heterocycles. The van der Waals surface area contributed by atoms with E-state index in [9.17, 15) is 13.2 Å². The summed E-state index contributed by atoms with van der Waals surface area (Å²) < 4.78 is 37.6. The Hall–Kier alpha value is -3.07. The number of carbonyl (C=O) groups is 1. The number of nitrogens with zero attached hydrogens (tertiary/aromatic N) is 1. The fraction of sp³-hybridized carbons (Fsp3) is 0.174. The van der Waals surface area contributed by atoms with Gasteiger partial charge >= 0.3 is 0 Å². The second-order valence-electron chi connectivity index (χ2n) is 6.77. The highest BCUT2D eigenvalue weighted by atomic mass is 35.5. The number of para-hydroxylation sites is 1. The molecule has 0 saturated carbocycles. The van der Waals surface area contributed by atoms with Gasteiger partial charge in [0.15, 0.2) is 0 Å². The number of amides is 1. The maximum Gasteiger partial charge on any atom is 0.243 e. The molecule has 0 fully saturated rings. The normalized spacial score (nSPS) is 11.2. The van der Waals surface area contributed by atoms with Gasteiger partial charge < -0.3 is 14.8 Å². The smallest absolute Gasteiger partial charge is 0.243 e. The van der Waals surface area contributed by atoms with Crippen LogP contribution in [0.25, 0.3) is 0 Å². The third-order valence-electron chi connectivity index (χ3n) is 4.39. The Morgan fingerprint density at radius 3 is 2.28 bits per heavy atom. The Balaban J connectivity index is 1.60. The number of sulfonamides is 1. The van der Waals surface area contributed by atoms with E-state index in [4.69, 9.17) is 21.1 Å². The lowest BCUT2D eigenvalue weighted by Gasteiger charge is -2.17. The number of rotatable bonds is 9. The second kappa shape index (κ2) is 10.5. The molecule has 1 N–H and O–H groups in total. The molecule has 0 aromatic heterocycles. The topological polar surface area (TPSA) is 84.9 Å². The predicted octanol–water partition coefficient (Wildman–Crippen LogP) is 4.79. The van der Waals surface area contributed by atoms with Crippen molar-refractivity contribution in [3.63, 3.8) is 0 Å². The lowest BCUT2D eigenvalue weighted by Crippen LogP contribution is -2.35. The number of benzene rings is 3. The Bertz CT molecular complexity index is 1170. The van der Waals surface area contributed by atoms with E-state index in [1.54, 1.807) is 31.2 Å². The van der Waals surface area contributed by atoms with Crippen molar-refractivity contribution in [2.75, 3.05) is 25.5 Å². The van der Waals surface area contributed by atoms with Crippen LogP contribution in [0.3, 0.4) is 0 Å². The first-order chi connectivity index (χ1) is 15.3. The van der Waals surface area contributed by atoms with Gasteiger partial charge in [-0.2, -0.15) is 4.31 Å². The van der Waals surface area contributed by atoms with Crippen molar-refractivity contribution in [2.45, 2.75) is 11.8 Å². The Labute approximate surface area is 192 Å². The first-order valence-corrected chi connectivity index (χ1v) is 11.6. The summed E-state index contributed by atoms with van der Waals surface area (Å²) in [6, 6.07) is 20.3. The molecule has 3 rings (SSSR count). The SMILES string of the molecule is CCOc1ccc(S(=O)(=O)N(C)CC(=O)Nc2ccc(Oc3ccccc3)cc2)cc1Cl. The summed E-state index contributed by atoms with van der Waals surface area (Å²) in [7, 11) is -2.58. The molecule has 0 atom stereocenters. The van der Waals surface area contributed by atoms with Gasteiger partial charge in [-0.1, -0.05) is 29.8 Å². The van der Waals surface area contributed by atoms with Crippen LogP contribution in [0.5, 0.6) is 17.2 Å². The molecule has 7 nitrogen and oxygen atoms in total. The molecule has 0 bridgehead atoms. The minimum absolute atomic E-state index is 0.0244. The lowest BCUT2D eigenvalue weighted by molar-refractivity contribution is -0.116. The van der Waals surface area contributed by atoms with Crippen LogP contribution < -0.4 is 14.8 Å². The van der Waals surface area contributed by atoms with Gasteiger partial charge in [-0.15, -0.1) is 0 Å². The van der Waals surface area contributed by atoms with E-state index in [-0.39, 0.29) is 16.5 Å². The number of nitrogens with one attached hydrogen (secondary N) is 1. The van der Waals surface area contributed by atoms with Crippen molar-refractivity contribution in [3.8, 4) is 17.2 Å². The molecule has 3 aromatic rings. The molecule has 168 valence electrons. The molecule has 0 unspecified atom stereocenters. The van der Waals surface area contributed by atoms with Gasteiger partial charge in [0.25, 0.3) is 0 Å². The number of halogens is 1. The number of ether oxygens (including phenoxy) is 2. The molecule has 0 aliphatic heterocycles. The van der Waals surface area contributed by atoms with Gasteiger partial charge in [0.1, 0.15) is 17.2 Å². The highest BCUT2D eigenvalue weighted by Gasteiger charge is 2.24. The van der Waals surface area contributed by atoms with Gasteiger partial charge in [-0.25, -0.2) is 8.42 Å². The van der Waals surface area contributed by atoms with E-state index in [1.165, 1.54) is 25.2 Å². The zero-order valence-electron chi connectivity index (χ0n) is 17.6. The number of likely N-dealkylation sites (N-methyl/N-ethyl adjacent to an activating group) is 1. The lowest BCUT2D eigenvalue weighted by atomic mass is 10.3. The van der Waals surface area contributed by atoms with Crippen LogP contribution in [0.15, 0.2) is 77.7 Å². The van der Waals surface area contributed by atoms with Crippen molar-refractivity contribution in [1.82, 2.24) is 4.31 Å². The minimum Gasteiger partial charge on any atom is -0.492 e. The molecular weight excluding hydrogens is 452 g/mol. The first-order valence-electron chi connectivity index (χ1n) is 9.81. The average Bonchev–Trinajstić information content (AvgIpc) is 2.77. The van der Waals surface area contributed by atoms with Crippen LogP contribution in [-0.2, 0) is 14.8 Å². The van der Waals surface area contributed by atoms with Crippen LogP contribution in [-0.4, -0.2) is 38.8 Å². The monoisotopic (exact) mass is 474 g/mol. The quantitative estimate of drug-likeness (QED) is 0.482. The Morgan fingerprint density at radius 1 is 1.00 bits per heavy atom. The van der Waals surface area contributed by atoms with Crippen LogP contribution in [0.2, 0.25) is 5.02 Å². The molecule has 32 heavy (non-hydrogen) atoms. The van der Waals surface area contributed by atoms with Crippen molar-refractivity contribution >= 4 is 33.2 Å². The zero-order valence-corrected chi connectivity index (χ0v) is 19.2. The summed E-state index contributed by atoms with van der Waals surface area (Å²) in [5.74, 6) is 1.23. The van der Waals surface area contributed by atoms with E-state index >= 15 is 0 Å². The standard InChI is InChI=1S/C23H23ClN2O5S/c1-3-30-22-14-13-20(15-21(22)24)32(28,29)26(2)16-23(27)25-17-9-11-19(12-10-17)31-18-7-5-4-6-8-18/h4-15H,3,16H2,1-2H3,(H,25,27). The fourth-order valence-corrected chi connectivity index (χ4v) is 4.27. The van der Waals surface area contributed by atoms with E-state index in [1.807, 2.05) is 30.3 Å².